The number of thioether (sulfide) groups is 1. The highest BCUT2D eigenvalue weighted by Gasteiger charge is 2.38. The highest BCUT2D eigenvalue weighted by atomic mass is 32.2. The molecule has 0 amide bonds. The maximum Gasteiger partial charge on any atom is 0.306 e. The van der Waals surface area contributed by atoms with E-state index in [9.17, 15) is 9.90 Å². The molecular weight excluding hydrogens is 244 g/mol. The standard InChI is InChI=1S/C15H28O2S/c1-5-18-9-8-11-10-12(15(2,3)4)6-7-13(11)14(16)17/h11-13H,5-10H2,1-4H3,(H,16,17). The van der Waals surface area contributed by atoms with E-state index in [2.05, 4.69) is 27.7 Å². The molecule has 2 nitrogen and oxygen atoms in total. The van der Waals surface area contributed by atoms with Crippen LogP contribution in [0.25, 0.3) is 0 Å². The van der Waals surface area contributed by atoms with E-state index in [4.69, 9.17) is 0 Å². The normalized spacial score (nSPS) is 29.2. The topological polar surface area (TPSA) is 37.3 Å². The Labute approximate surface area is 116 Å². The molecule has 0 spiro atoms. The first-order valence-corrected chi connectivity index (χ1v) is 8.32. The van der Waals surface area contributed by atoms with E-state index in [1.807, 2.05) is 11.8 Å². The van der Waals surface area contributed by atoms with Crippen LogP contribution in [0.2, 0.25) is 0 Å². The Bertz CT molecular complexity index is 270. The Morgan fingerprint density at radius 1 is 1.33 bits per heavy atom. The second-order valence-electron chi connectivity index (χ2n) is 6.57. The summed E-state index contributed by atoms with van der Waals surface area (Å²) >= 11 is 1.93. The van der Waals surface area contributed by atoms with Crippen LogP contribution >= 0.6 is 11.8 Å². The third-order valence-electron chi connectivity index (χ3n) is 4.36. The molecule has 0 aliphatic heterocycles. The molecule has 106 valence electrons. The summed E-state index contributed by atoms with van der Waals surface area (Å²) in [5, 5.41) is 9.35. The monoisotopic (exact) mass is 272 g/mol. The fraction of sp³-hybridized carbons (Fsp3) is 0.933. The average molecular weight is 272 g/mol. The number of aliphatic carboxylic acids is 1. The van der Waals surface area contributed by atoms with Gasteiger partial charge in [-0.25, -0.2) is 0 Å². The summed E-state index contributed by atoms with van der Waals surface area (Å²) in [6.07, 6.45) is 4.13. The van der Waals surface area contributed by atoms with E-state index in [0.717, 1.165) is 37.2 Å². The molecule has 3 heteroatoms. The number of hydrogen-bond donors (Lipinski definition) is 1. The number of hydrogen-bond acceptors (Lipinski definition) is 2. The van der Waals surface area contributed by atoms with Crippen LogP contribution in [0.3, 0.4) is 0 Å². The van der Waals surface area contributed by atoms with Gasteiger partial charge in [-0.3, -0.25) is 4.79 Å². The van der Waals surface area contributed by atoms with E-state index in [1.54, 1.807) is 0 Å². The summed E-state index contributed by atoms with van der Waals surface area (Å²) < 4.78 is 0. The summed E-state index contributed by atoms with van der Waals surface area (Å²) in [4.78, 5) is 11.3. The van der Waals surface area contributed by atoms with Gasteiger partial charge < -0.3 is 5.11 Å². The Morgan fingerprint density at radius 3 is 2.50 bits per heavy atom. The summed E-state index contributed by atoms with van der Waals surface area (Å²) in [5.74, 6) is 2.65. The Morgan fingerprint density at radius 2 is 2.00 bits per heavy atom. The van der Waals surface area contributed by atoms with Gasteiger partial charge in [0.2, 0.25) is 0 Å². The quantitative estimate of drug-likeness (QED) is 0.758. The zero-order valence-electron chi connectivity index (χ0n) is 12.2. The van der Waals surface area contributed by atoms with Gasteiger partial charge in [-0.1, -0.05) is 27.7 Å². The van der Waals surface area contributed by atoms with Gasteiger partial charge in [-0.15, -0.1) is 0 Å². The van der Waals surface area contributed by atoms with Crippen LogP contribution < -0.4 is 0 Å². The van der Waals surface area contributed by atoms with Crippen molar-refractivity contribution in [1.82, 2.24) is 0 Å². The van der Waals surface area contributed by atoms with Crippen molar-refractivity contribution in [2.45, 2.75) is 53.4 Å². The number of carboxylic acid groups (broad SMARTS) is 1. The minimum absolute atomic E-state index is 0.0962. The number of carboxylic acids is 1. The van der Waals surface area contributed by atoms with Gasteiger partial charge in [-0.2, -0.15) is 11.8 Å². The van der Waals surface area contributed by atoms with Crippen molar-refractivity contribution in [2.75, 3.05) is 11.5 Å². The van der Waals surface area contributed by atoms with Gasteiger partial charge in [0.15, 0.2) is 0 Å². The molecule has 0 bridgehead atoms. The lowest BCUT2D eigenvalue weighted by Crippen LogP contribution is -2.35. The largest absolute Gasteiger partial charge is 0.481 e. The van der Waals surface area contributed by atoms with Gasteiger partial charge >= 0.3 is 5.97 Å². The molecule has 0 heterocycles. The number of rotatable bonds is 5. The molecule has 0 aromatic heterocycles. The van der Waals surface area contributed by atoms with Crippen molar-refractivity contribution < 1.29 is 9.90 Å². The lowest BCUT2D eigenvalue weighted by molar-refractivity contribution is -0.146. The highest BCUT2D eigenvalue weighted by molar-refractivity contribution is 7.99. The smallest absolute Gasteiger partial charge is 0.306 e. The third-order valence-corrected chi connectivity index (χ3v) is 5.29. The van der Waals surface area contributed by atoms with Gasteiger partial charge in [0.1, 0.15) is 0 Å². The summed E-state index contributed by atoms with van der Waals surface area (Å²) in [7, 11) is 0. The lowest BCUT2D eigenvalue weighted by Gasteiger charge is -2.40. The van der Waals surface area contributed by atoms with Crippen molar-refractivity contribution in [2.24, 2.45) is 23.2 Å². The van der Waals surface area contributed by atoms with Gasteiger partial charge in [0, 0.05) is 0 Å². The van der Waals surface area contributed by atoms with Crippen LogP contribution in [0.5, 0.6) is 0 Å². The van der Waals surface area contributed by atoms with Gasteiger partial charge in [0.25, 0.3) is 0 Å². The second-order valence-corrected chi connectivity index (χ2v) is 7.96. The van der Waals surface area contributed by atoms with Crippen LogP contribution in [0.1, 0.15) is 53.4 Å². The van der Waals surface area contributed by atoms with Crippen LogP contribution in [0.15, 0.2) is 0 Å². The molecule has 0 saturated heterocycles. The maximum atomic E-state index is 11.3. The van der Waals surface area contributed by atoms with E-state index < -0.39 is 5.97 Å². The molecule has 3 atom stereocenters. The predicted molar refractivity (Wildman–Crippen MR) is 79.0 cm³/mol. The Kier molecular flexibility index (Phi) is 6.03. The molecule has 3 unspecified atom stereocenters. The molecule has 1 rings (SSSR count). The van der Waals surface area contributed by atoms with Crippen molar-refractivity contribution in [3.05, 3.63) is 0 Å². The molecule has 0 aromatic carbocycles. The van der Waals surface area contributed by atoms with E-state index in [0.29, 0.717) is 17.3 Å². The molecule has 1 saturated carbocycles. The first-order valence-electron chi connectivity index (χ1n) is 7.16. The molecule has 0 aromatic rings. The molecule has 1 aliphatic carbocycles. The van der Waals surface area contributed by atoms with Crippen LogP contribution in [0, 0.1) is 23.2 Å². The molecule has 18 heavy (non-hydrogen) atoms. The first kappa shape index (κ1) is 15.9. The van der Waals surface area contributed by atoms with Gasteiger partial charge in [0.05, 0.1) is 5.92 Å². The van der Waals surface area contributed by atoms with E-state index >= 15 is 0 Å². The summed E-state index contributed by atoms with van der Waals surface area (Å²) in [6.45, 7) is 9.03. The maximum absolute atomic E-state index is 11.3. The fourth-order valence-corrected chi connectivity index (χ4v) is 3.83. The van der Waals surface area contributed by atoms with Crippen molar-refractivity contribution in [1.29, 1.82) is 0 Å². The Balaban J connectivity index is 2.61. The van der Waals surface area contributed by atoms with Crippen LogP contribution in [-0.2, 0) is 4.79 Å². The van der Waals surface area contributed by atoms with Crippen LogP contribution in [0.4, 0.5) is 0 Å². The summed E-state index contributed by atoms with van der Waals surface area (Å²) in [6, 6.07) is 0. The minimum Gasteiger partial charge on any atom is -0.481 e. The third kappa shape index (κ3) is 4.49. The van der Waals surface area contributed by atoms with Crippen molar-refractivity contribution in [3.63, 3.8) is 0 Å². The minimum atomic E-state index is -0.575. The molecule has 1 fully saturated rings. The lowest BCUT2D eigenvalue weighted by atomic mass is 9.65. The van der Waals surface area contributed by atoms with Crippen LogP contribution in [-0.4, -0.2) is 22.6 Å². The predicted octanol–water partition coefficient (Wildman–Crippen LogP) is 4.29. The fourth-order valence-electron chi connectivity index (χ4n) is 3.07. The molecule has 0 radical (unpaired) electrons. The first-order chi connectivity index (χ1) is 8.36. The second kappa shape index (κ2) is 6.83. The molecular formula is C15H28O2S. The van der Waals surface area contributed by atoms with Crippen molar-refractivity contribution >= 4 is 17.7 Å². The number of carbonyl (C=O) groups is 1. The molecule has 1 aliphatic rings. The van der Waals surface area contributed by atoms with Gasteiger partial charge in [-0.05, 0) is 54.4 Å². The highest BCUT2D eigenvalue weighted by Crippen LogP contribution is 2.44. The Hall–Kier alpha value is -0.180. The van der Waals surface area contributed by atoms with E-state index in [-0.39, 0.29) is 5.92 Å². The molecule has 1 N–H and O–H groups in total. The zero-order valence-corrected chi connectivity index (χ0v) is 13.1. The summed E-state index contributed by atoms with van der Waals surface area (Å²) in [5.41, 5.74) is 0.319. The van der Waals surface area contributed by atoms with Crippen molar-refractivity contribution in [3.8, 4) is 0 Å². The average Bonchev–Trinajstić information content (AvgIpc) is 2.27. The SMILES string of the molecule is CCSCCC1CC(C(C)(C)C)CCC1C(=O)O. The zero-order chi connectivity index (χ0) is 13.8. The van der Waals surface area contributed by atoms with E-state index in [1.165, 1.54) is 0 Å².